The molecular formula is C21H25N5O3S2. The number of benzene rings is 1. The summed E-state index contributed by atoms with van der Waals surface area (Å²) in [6, 6.07) is 7.54. The summed E-state index contributed by atoms with van der Waals surface area (Å²) >= 11 is 5.44. The number of thiazole rings is 1. The van der Waals surface area contributed by atoms with E-state index in [4.69, 9.17) is 4.74 Å². The lowest BCUT2D eigenvalue weighted by molar-refractivity contribution is -0.154. The molecule has 0 unspecified atom stereocenters. The van der Waals surface area contributed by atoms with Crippen LogP contribution in [-0.4, -0.2) is 32.6 Å². The molecule has 10 heteroatoms. The first kappa shape index (κ1) is 22.8. The Balaban J connectivity index is 1.49. The average Bonchev–Trinajstić information content (AvgIpc) is 3.33. The highest BCUT2D eigenvalue weighted by atomic mass is 32.2. The summed E-state index contributed by atoms with van der Waals surface area (Å²) in [6.07, 6.45) is 4.26. The molecule has 3 N–H and O–H groups in total. The Bertz CT molecular complexity index is 1040. The molecule has 0 aliphatic heterocycles. The maximum absolute atomic E-state index is 11.9. The summed E-state index contributed by atoms with van der Waals surface area (Å²) in [7, 11) is 0. The van der Waals surface area contributed by atoms with Crippen LogP contribution in [0, 0.1) is 0 Å². The smallest absolute Gasteiger partial charge is 0.321 e. The summed E-state index contributed by atoms with van der Waals surface area (Å²) in [4.78, 5) is 35.3. The molecule has 0 aliphatic carbocycles. The first-order valence-corrected chi connectivity index (χ1v) is 11.0. The van der Waals surface area contributed by atoms with Gasteiger partial charge in [0.25, 0.3) is 0 Å². The maximum Gasteiger partial charge on any atom is 0.321 e. The fourth-order valence-electron chi connectivity index (χ4n) is 2.72. The van der Waals surface area contributed by atoms with Gasteiger partial charge in [0.1, 0.15) is 11.4 Å². The number of hydrogen-bond donors (Lipinski definition) is 4. The zero-order valence-electron chi connectivity index (χ0n) is 17.6. The normalized spacial score (nSPS) is 11.2. The van der Waals surface area contributed by atoms with E-state index in [1.54, 1.807) is 12.4 Å². The predicted molar refractivity (Wildman–Crippen MR) is 123 cm³/mol. The second-order valence-corrected chi connectivity index (χ2v) is 9.65. The van der Waals surface area contributed by atoms with Gasteiger partial charge in [0.15, 0.2) is 5.13 Å². The number of aryl methyl sites for hydroxylation is 1. The number of rotatable bonds is 7. The Kier molecular flexibility index (Phi) is 7.34. The van der Waals surface area contributed by atoms with Gasteiger partial charge in [-0.3, -0.25) is 10.1 Å². The molecule has 3 aromatic rings. The molecule has 164 valence electrons. The molecule has 3 rings (SSSR count). The third kappa shape index (κ3) is 7.41. The number of H-pyrrole nitrogens is 1. The topological polar surface area (TPSA) is 109 Å². The van der Waals surface area contributed by atoms with E-state index in [1.807, 2.05) is 45.0 Å². The summed E-state index contributed by atoms with van der Waals surface area (Å²) in [5.74, 6) is 0.431. The van der Waals surface area contributed by atoms with Crippen molar-refractivity contribution in [2.24, 2.45) is 0 Å². The number of urea groups is 1. The molecule has 2 amide bonds. The number of ether oxygens (including phenoxy) is 1. The number of aromatic amines is 1. The van der Waals surface area contributed by atoms with Crippen molar-refractivity contribution in [1.29, 1.82) is 0 Å². The molecule has 0 radical (unpaired) electrons. The van der Waals surface area contributed by atoms with Crippen molar-refractivity contribution in [1.82, 2.24) is 20.3 Å². The first-order valence-electron chi connectivity index (χ1n) is 9.72. The van der Waals surface area contributed by atoms with Gasteiger partial charge in [0.2, 0.25) is 0 Å². The number of carbonyl (C=O) groups excluding carboxylic acids is 2. The number of carbonyl (C=O) groups is 2. The number of nitrogens with one attached hydrogen (secondary N) is 3. The molecule has 8 nitrogen and oxygen atoms in total. The van der Waals surface area contributed by atoms with Crippen LogP contribution in [0.15, 0.2) is 40.9 Å². The van der Waals surface area contributed by atoms with Crippen molar-refractivity contribution in [2.45, 2.75) is 50.0 Å². The Hall–Kier alpha value is -2.85. The van der Waals surface area contributed by atoms with Crippen molar-refractivity contribution in [3.8, 4) is 11.3 Å². The number of nitrogens with zero attached hydrogens (tertiary/aromatic N) is 2. The van der Waals surface area contributed by atoms with E-state index in [9.17, 15) is 9.59 Å². The lowest BCUT2D eigenvalue weighted by Crippen LogP contribution is -2.28. The Morgan fingerprint density at radius 2 is 1.90 bits per heavy atom. The van der Waals surface area contributed by atoms with Gasteiger partial charge in [-0.25, -0.2) is 14.8 Å². The number of anilines is 1. The minimum atomic E-state index is -0.467. The zero-order chi connectivity index (χ0) is 22.4. The molecular weight excluding hydrogens is 434 g/mol. The minimum Gasteiger partial charge on any atom is -0.460 e. The van der Waals surface area contributed by atoms with Gasteiger partial charge < -0.3 is 15.0 Å². The van der Waals surface area contributed by atoms with Crippen LogP contribution in [0.1, 0.15) is 38.6 Å². The lowest BCUT2D eigenvalue weighted by atomic mass is 10.1. The Morgan fingerprint density at radius 3 is 2.55 bits per heavy atom. The highest BCUT2D eigenvalue weighted by molar-refractivity contribution is 7.83. The second-order valence-electron chi connectivity index (χ2n) is 7.84. The maximum atomic E-state index is 11.9. The predicted octanol–water partition coefficient (Wildman–Crippen LogP) is 4.42. The summed E-state index contributed by atoms with van der Waals surface area (Å²) < 4.78 is 6.06. The van der Waals surface area contributed by atoms with Crippen molar-refractivity contribution >= 4 is 41.1 Å². The van der Waals surface area contributed by atoms with E-state index in [0.717, 1.165) is 21.0 Å². The van der Waals surface area contributed by atoms with Crippen LogP contribution < -0.4 is 10.6 Å². The number of imidazole rings is 1. The molecule has 2 aromatic heterocycles. The van der Waals surface area contributed by atoms with E-state index < -0.39 is 5.60 Å². The molecule has 31 heavy (non-hydrogen) atoms. The third-order valence-corrected chi connectivity index (χ3v) is 5.17. The van der Waals surface area contributed by atoms with Gasteiger partial charge in [0, 0.05) is 6.42 Å². The van der Waals surface area contributed by atoms with Gasteiger partial charge in [-0.2, -0.15) is 0 Å². The standard InChI is InChI=1S/C21H25N5O3S2/c1-21(2,3)29-17(27)9-6-13-4-7-14(8-5-13)15-10-22-16(25-15)11-23-19(28)26-20-24-12-18(30)31-20/h4-5,7-8,10,12,30H,6,9,11H2,1-3H3,(H,22,25)(H2,23,24,26,28). The molecule has 2 heterocycles. The third-order valence-electron chi connectivity index (χ3n) is 4.06. The molecule has 0 saturated carbocycles. The first-order chi connectivity index (χ1) is 14.7. The number of esters is 1. The van der Waals surface area contributed by atoms with Crippen molar-refractivity contribution in [3.05, 3.63) is 48.0 Å². The van der Waals surface area contributed by atoms with E-state index in [-0.39, 0.29) is 18.5 Å². The van der Waals surface area contributed by atoms with Crippen LogP contribution in [0.3, 0.4) is 0 Å². The van der Waals surface area contributed by atoms with Crippen molar-refractivity contribution in [2.75, 3.05) is 5.32 Å². The highest BCUT2D eigenvalue weighted by Gasteiger charge is 2.16. The van der Waals surface area contributed by atoms with Gasteiger partial charge in [0.05, 0.1) is 28.8 Å². The zero-order valence-corrected chi connectivity index (χ0v) is 19.3. The highest BCUT2D eigenvalue weighted by Crippen LogP contribution is 2.21. The van der Waals surface area contributed by atoms with Crippen molar-refractivity contribution in [3.63, 3.8) is 0 Å². The van der Waals surface area contributed by atoms with Crippen LogP contribution in [0.4, 0.5) is 9.93 Å². The Morgan fingerprint density at radius 1 is 1.16 bits per heavy atom. The van der Waals surface area contributed by atoms with Gasteiger partial charge in [-0.15, -0.1) is 12.6 Å². The van der Waals surface area contributed by atoms with Crippen molar-refractivity contribution < 1.29 is 14.3 Å². The number of aromatic nitrogens is 3. The fraction of sp³-hybridized carbons (Fsp3) is 0.333. The monoisotopic (exact) mass is 459 g/mol. The molecule has 0 aliphatic rings. The van der Waals surface area contributed by atoms with Gasteiger partial charge >= 0.3 is 12.0 Å². The van der Waals surface area contributed by atoms with Gasteiger partial charge in [-0.05, 0) is 38.3 Å². The van der Waals surface area contributed by atoms with E-state index in [2.05, 4.69) is 38.2 Å². The summed E-state index contributed by atoms with van der Waals surface area (Å²) in [6.45, 7) is 5.83. The quantitative estimate of drug-likeness (QED) is 0.309. The number of hydrogen-bond acceptors (Lipinski definition) is 7. The summed E-state index contributed by atoms with van der Waals surface area (Å²) in [5.41, 5.74) is 2.40. The van der Waals surface area contributed by atoms with Crippen LogP contribution in [-0.2, 0) is 22.5 Å². The average molecular weight is 460 g/mol. The number of thiol groups is 1. The van der Waals surface area contributed by atoms with Crippen LogP contribution >= 0.6 is 24.0 Å². The minimum absolute atomic E-state index is 0.202. The van der Waals surface area contributed by atoms with E-state index in [0.29, 0.717) is 23.8 Å². The van der Waals surface area contributed by atoms with E-state index in [1.165, 1.54) is 11.3 Å². The fourth-order valence-corrected chi connectivity index (χ4v) is 3.59. The van der Waals surface area contributed by atoms with Gasteiger partial charge in [-0.1, -0.05) is 35.6 Å². The van der Waals surface area contributed by atoms with Crippen LogP contribution in [0.2, 0.25) is 0 Å². The SMILES string of the molecule is CC(C)(C)OC(=O)CCc1ccc(-c2cnc(CNC(=O)Nc3ncc(S)s3)[nH]2)cc1. The molecule has 0 spiro atoms. The molecule has 0 atom stereocenters. The van der Waals surface area contributed by atoms with Crippen LogP contribution in [0.5, 0.6) is 0 Å². The second kappa shape index (κ2) is 9.97. The van der Waals surface area contributed by atoms with E-state index >= 15 is 0 Å². The molecule has 1 aromatic carbocycles. The van der Waals surface area contributed by atoms with Crippen LogP contribution in [0.25, 0.3) is 11.3 Å². The summed E-state index contributed by atoms with van der Waals surface area (Å²) in [5, 5.41) is 5.85. The number of amides is 2. The molecule has 0 fully saturated rings. The molecule has 0 saturated heterocycles. The molecule has 0 bridgehead atoms. The lowest BCUT2D eigenvalue weighted by Gasteiger charge is -2.19. The Labute approximate surface area is 190 Å². The largest absolute Gasteiger partial charge is 0.460 e.